The molecule has 6 nitrogen and oxygen atoms in total. The SMILES string of the molecule is CN1c2cc(C(=O)O)c(N=Nc3nc4ccc(Cl)cc4s3)cc2CCC1(C)C. The summed E-state index contributed by atoms with van der Waals surface area (Å²) in [6, 6.07) is 8.96. The van der Waals surface area contributed by atoms with Gasteiger partial charge in [-0.3, -0.25) is 0 Å². The molecule has 0 fully saturated rings. The normalized spacial score (nSPS) is 15.9. The fourth-order valence-electron chi connectivity index (χ4n) is 3.35. The van der Waals surface area contributed by atoms with Crippen molar-refractivity contribution in [1.82, 2.24) is 4.98 Å². The second-order valence-electron chi connectivity index (χ2n) is 7.48. The molecule has 0 bridgehead atoms. The molecule has 1 aromatic heterocycles. The third kappa shape index (κ3) is 3.36. The van der Waals surface area contributed by atoms with Gasteiger partial charge in [0.15, 0.2) is 0 Å². The van der Waals surface area contributed by atoms with Crippen molar-refractivity contribution < 1.29 is 9.90 Å². The lowest BCUT2D eigenvalue weighted by atomic mass is 9.86. The standard InChI is InChI=1S/C20H19ClN4O2S/c1-20(2)7-6-11-8-15(13(18(26)27)10-16(11)25(20)3)23-24-19-22-14-5-4-12(21)9-17(14)28-19/h4-5,8-10H,6-7H2,1-3H3,(H,26,27). The Balaban J connectivity index is 1.74. The largest absolute Gasteiger partial charge is 0.478 e. The number of carboxylic acid groups (broad SMARTS) is 1. The van der Waals surface area contributed by atoms with E-state index in [0.717, 1.165) is 34.3 Å². The van der Waals surface area contributed by atoms with Crippen molar-refractivity contribution in [3.8, 4) is 0 Å². The molecule has 0 saturated carbocycles. The molecule has 0 spiro atoms. The third-order valence-corrected chi connectivity index (χ3v) is 6.42. The van der Waals surface area contributed by atoms with E-state index >= 15 is 0 Å². The number of nitrogens with zero attached hydrogens (tertiary/aromatic N) is 4. The summed E-state index contributed by atoms with van der Waals surface area (Å²) in [7, 11) is 2.00. The third-order valence-electron chi connectivity index (χ3n) is 5.29. The first-order valence-corrected chi connectivity index (χ1v) is 10.1. The molecule has 4 rings (SSSR count). The molecule has 3 aromatic rings. The summed E-state index contributed by atoms with van der Waals surface area (Å²) < 4.78 is 0.911. The summed E-state index contributed by atoms with van der Waals surface area (Å²) in [4.78, 5) is 18.4. The molecule has 0 saturated heterocycles. The Bertz CT molecular complexity index is 1120. The number of thiazole rings is 1. The van der Waals surface area contributed by atoms with E-state index in [0.29, 0.717) is 15.8 Å². The van der Waals surface area contributed by atoms with Crippen molar-refractivity contribution >= 4 is 55.6 Å². The van der Waals surface area contributed by atoms with Crippen molar-refractivity contribution in [1.29, 1.82) is 0 Å². The lowest BCUT2D eigenvalue weighted by Gasteiger charge is -2.43. The van der Waals surface area contributed by atoms with Crippen LogP contribution in [0.4, 0.5) is 16.5 Å². The highest BCUT2D eigenvalue weighted by Crippen LogP contribution is 2.40. The molecular formula is C20H19ClN4O2S. The topological polar surface area (TPSA) is 78.2 Å². The number of aromatic nitrogens is 1. The average molecular weight is 415 g/mol. The van der Waals surface area contributed by atoms with E-state index in [2.05, 4.69) is 34.0 Å². The fraction of sp³-hybridized carbons (Fsp3) is 0.300. The molecule has 1 N–H and O–H groups in total. The van der Waals surface area contributed by atoms with Crippen LogP contribution in [0.3, 0.4) is 0 Å². The van der Waals surface area contributed by atoms with Gasteiger partial charge in [-0.2, -0.15) is 0 Å². The number of rotatable bonds is 3. The Morgan fingerprint density at radius 1 is 1.29 bits per heavy atom. The quantitative estimate of drug-likeness (QED) is 0.515. The molecule has 2 heterocycles. The summed E-state index contributed by atoms with van der Waals surface area (Å²) in [5, 5.41) is 19.2. The highest BCUT2D eigenvalue weighted by molar-refractivity contribution is 7.21. The van der Waals surface area contributed by atoms with Crippen LogP contribution in [0.1, 0.15) is 36.2 Å². The van der Waals surface area contributed by atoms with Crippen LogP contribution < -0.4 is 4.90 Å². The molecule has 0 amide bonds. The maximum Gasteiger partial charge on any atom is 0.338 e. The summed E-state index contributed by atoms with van der Waals surface area (Å²) in [6.07, 6.45) is 1.85. The summed E-state index contributed by atoms with van der Waals surface area (Å²) in [5.74, 6) is -1.02. The monoisotopic (exact) mass is 414 g/mol. The second kappa shape index (κ2) is 6.83. The van der Waals surface area contributed by atoms with Crippen LogP contribution in [-0.2, 0) is 6.42 Å². The number of aromatic carboxylic acids is 1. The summed E-state index contributed by atoms with van der Waals surface area (Å²) >= 11 is 7.37. The molecule has 1 aliphatic rings. The fourth-order valence-corrected chi connectivity index (χ4v) is 4.41. The van der Waals surface area contributed by atoms with Crippen LogP contribution in [0, 0.1) is 0 Å². The van der Waals surface area contributed by atoms with Crippen LogP contribution in [0.2, 0.25) is 5.02 Å². The maximum atomic E-state index is 11.8. The smallest absolute Gasteiger partial charge is 0.338 e. The molecule has 1 aliphatic heterocycles. The van der Waals surface area contributed by atoms with E-state index in [4.69, 9.17) is 11.6 Å². The van der Waals surface area contributed by atoms with Crippen molar-refractivity contribution in [3.05, 3.63) is 46.5 Å². The number of azo groups is 1. The van der Waals surface area contributed by atoms with Crippen molar-refractivity contribution in [2.75, 3.05) is 11.9 Å². The first-order valence-electron chi connectivity index (χ1n) is 8.86. The number of fused-ring (bicyclic) bond motifs is 2. The molecule has 0 unspecified atom stereocenters. The van der Waals surface area contributed by atoms with Gasteiger partial charge < -0.3 is 10.0 Å². The van der Waals surface area contributed by atoms with Gasteiger partial charge in [-0.05, 0) is 62.6 Å². The van der Waals surface area contributed by atoms with E-state index in [1.807, 2.05) is 25.2 Å². The lowest BCUT2D eigenvalue weighted by molar-refractivity contribution is 0.0697. The zero-order valence-electron chi connectivity index (χ0n) is 15.7. The number of carbonyl (C=O) groups is 1. The molecule has 28 heavy (non-hydrogen) atoms. The van der Waals surface area contributed by atoms with Gasteiger partial charge in [0.1, 0.15) is 5.69 Å². The number of hydrogen-bond acceptors (Lipinski definition) is 6. The van der Waals surface area contributed by atoms with Crippen LogP contribution in [0.25, 0.3) is 10.2 Å². The summed E-state index contributed by atoms with van der Waals surface area (Å²) in [5.41, 5.74) is 3.26. The Labute approximate surface area is 171 Å². The first kappa shape index (κ1) is 18.8. The first-order chi connectivity index (χ1) is 13.2. The number of carboxylic acids is 1. The highest BCUT2D eigenvalue weighted by atomic mass is 35.5. The van der Waals surface area contributed by atoms with Gasteiger partial charge in [0.25, 0.3) is 0 Å². The second-order valence-corrected chi connectivity index (χ2v) is 8.93. The van der Waals surface area contributed by atoms with Gasteiger partial charge in [-0.1, -0.05) is 22.9 Å². The zero-order chi connectivity index (χ0) is 20.1. The van der Waals surface area contributed by atoms with Gasteiger partial charge in [-0.25, -0.2) is 9.78 Å². The highest BCUT2D eigenvalue weighted by Gasteiger charge is 2.31. The summed E-state index contributed by atoms with van der Waals surface area (Å²) in [6.45, 7) is 4.31. The Hall–Kier alpha value is -2.51. The number of anilines is 1. The van der Waals surface area contributed by atoms with E-state index < -0.39 is 5.97 Å². The van der Waals surface area contributed by atoms with Crippen LogP contribution in [0.15, 0.2) is 40.6 Å². The minimum atomic E-state index is -1.02. The Morgan fingerprint density at radius 3 is 2.82 bits per heavy atom. The average Bonchev–Trinajstić information content (AvgIpc) is 3.04. The lowest BCUT2D eigenvalue weighted by Crippen LogP contribution is -2.44. The van der Waals surface area contributed by atoms with E-state index in [-0.39, 0.29) is 11.1 Å². The van der Waals surface area contributed by atoms with Crippen LogP contribution in [-0.4, -0.2) is 28.6 Å². The number of aryl methyl sites for hydroxylation is 1. The molecule has 144 valence electrons. The van der Waals surface area contributed by atoms with Crippen LogP contribution >= 0.6 is 22.9 Å². The molecule has 0 atom stereocenters. The van der Waals surface area contributed by atoms with Gasteiger partial charge in [0, 0.05) is 23.3 Å². The molecular weight excluding hydrogens is 396 g/mol. The predicted molar refractivity (Wildman–Crippen MR) is 113 cm³/mol. The van der Waals surface area contributed by atoms with Crippen molar-refractivity contribution in [3.63, 3.8) is 0 Å². The van der Waals surface area contributed by atoms with Gasteiger partial charge in [-0.15, -0.1) is 10.2 Å². The molecule has 2 aromatic carbocycles. The number of benzene rings is 2. The number of halogens is 1. The van der Waals surface area contributed by atoms with Gasteiger partial charge in [0.05, 0.1) is 15.8 Å². The molecule has 0 aliphatic carbocycles. The maximum absolute atomic E-state index is 11.8. The van der Waals surface area contributed by atoms with Crippen LogP contribution in [0.5, 0.6) is 0 Å². The van der Waals surface area contributed by atoms with Crippen molar-refractivity contribution in [2.45, 2.75) is 32.2 Å². The van der Waals surface area contributed by atoms with E-state index in [1.54, 1.807) is 12.1 Å². The minimum absolute atomic E-state index is 0.0198. The zero-order valence-corrected chi connectivity index (χ0v) is 17.3. The van der Waals surface area contributed by atoms with Gasteiger partial charge >= 0.3 is 5.97 Å². The van der Waals surface area contributed by atoms with Crippen molar-refractivity contribution in [2.24, 2.45) is 10.2 Å². The Morgan fingerprint density at radius 2 is 2.07 bits per heavy atom. The number of hydrogen-bond donors (Lipinski definition) is 1. The molecule has 8 heteroatoms. The van der Waals surface area contributed by atoms with Gasteiger partial charge in [0.2, 0.25) is 5.13 Å². The minimum Gasteiger partial charge on any atom is -0.478 e. The van der Waals surface area contributed by atoms with E-state index in [9.17, 15) is 9.90 Å². The molecule has 0 radical (unpaired) electrons. The Kier molecular flexibility index (Phi) is 4.59. The predicted octanol–water partition coefficient (Wildman–Crippen LogP) is 6.22. The van der Waals surface area contributed by atoms with E-state index in [1.165, 1.54) is 11.3 Å².